The summed E-state index contributed by atoms with van der Waals surface area (Å²) in [5.41, 5.74) is 8.38. The maximum absolute atomic E-state index is 5.69. The molecule has 0 radical (unpaired) electrons. The van der Waals surface area contributed by atoms with Crippen molar-refractivity contribution in [3.8, 4) is 17.0 Å². The number of aromatic nitrogens is 2. The van der Waals surface area contributed by atoms with E-state index in [0.29, 0.717) is 5.69 Å². The standard InChI is InChI=1S/C11H13N3O/c1-14-7-13-6-10(14)9-4-3-8(12)5-11(9)15-2/h3-7H,12H2,1-2H3. The van der Waals surface area contributed by atoms with Gasteiger partial charge in [0.05, 0.1) is 25.3 Å². The van der Waals surface area contributed by atoms with Crippen molar-refractivity contribution in [2.75, 3.05) is 12.8 Å². The molecule has 0 aliphatic rings. The van der Waals surface area contributed by atoms with Crippen molar-refractivity contribution in [3.63, 3.8) is 0 Å². The summed E-state index contributed by atoms with van der Waals surface area (Å²) in [5, 5.41) is 0. The summed E-state index contributed by atoms with van der Waals surface area (Å²) in [5.74, 6) is 0.763. The number of hydrogen-bond donors (Lipinski definition) is 1. The Labute approximate surface area is 88.3 Å². The number of anilines is 1. The highest BCUT2D eigenvalue weighted by Gasteiger charge is 2.08. The number of rotatable bonds is 2. The number of nitrogens with zero attached hydrogens (tertiary/aromatic N) is 2. The Bertz CT molecular complexity index is 476. The number of imidazole rings is 1. The molecule has 0 aliphatic heterocycles. The Morgan fingerprint density at radius 1 is 1.40 bits per heavy atom. The van der Waals surface area contributed by atoms with E-state index in [2.05, 4.69) is 4.98 Å². The third-order valence-corrected chi connectivity index (χ3v) is 2.32. The molecule has 2 N–H and O–H groups in total. The first-order valence-corrected chi connectivity index (χ1v) is 4.62. The zero-order valence-corrected chi connectivity index (χ0v) is 8.77. The predicted octanol–water partition coefficient (Wildman–Crippen LogP) is 1.68. The Hall–Kier alpha value is -1.97. The minimum atomic E-state index is 0.692. The van der Waals surface area contributed by atoms with Crippen molar-refractivity contribution in [2.45, 2.75) is 0 Å². The lowest BCUT2D eigenvalue weighted by Crippen LogP contribution is -1.94. The maximum Gasteiger partial charge on any atom is 0.130 e. The normalized spacial score (nSPS) is 10.3. The van der Waals surface area contributed by atoms with Gasteiger partial charge in [0.1, 0.15) is 5.75 Å². The van der Waals surface area contributed by atoms with Crippen LogP contribution in [0.25, 0.3) is 11.3 Å². The van der Waals surface area contributed by atoms with Crippen molar-refractivity contribution in [2.24, 2.45) is 7.05 Å². The van der Waals surface area contributed by atoms with Crippen molar-refractivity contribution in [1.82, 2.24) is 9.55 Å². The quantitative estimate of drug-likeness (QED) is 0.755. The van der Waals surface area contributed by atoms with Crippen LogP contribution in [0.4, 0.5) is 5.69 Å². The molecule has 4 heteroatoms. The summed E-state index contributed by atoms with van der Waals surface area (Å²) in [6, 6.07) is 5.60. The van der Waals surface area contributed by atoms with Crippen LogP contribution in [-0.4, -0.2) is 16.7 Å². The fourth-order valence-corrected chi connectivity index (χ4v) is 1.54. The first-order chi connectivity index (χ1) is 7.22. The van der Waals surface area contributed by atoms with Crippen molar-refractivity contribution in [1.29, 1.82) is 0 Å². The summed E-state index contributed by atoms with van der Waals surface area (Å²) in [4.78, 5) is 4.07. The van der Waals surface area contributed by atoms with Gasteiger partial charge >= 0.3 is 0 Å². The number of nitrogen functional groups attached to an aromatic ring is 1. The van der Waals surface area contributed by atoms with Gasteiger partial charge in [-0.25, -0.2) is 4.98 Å². The number of benzene rings is 1. The average molecular weight is 203 g/mol. The van der Waals surface area contributed by atoms with Gasteiger partial charge in [0, 0.05) is 24.4 Å². The highest BCUT2D eigenvalue weighted by atomic mass is 16.5. The van der Waals surface area contributed by atoms with Crippen LogP contribution in [0.5, 0.6) is 5.75 Å². The van der Waals surface area contributed by atoms with Gasteiger partial charge in [-0.2, -0.15) is 0 Å². The molecule has 1 heterocycles. The molecule has 2 aromatic rings. The number of aryl methyl sites for hydroxylation is 1. The zero-order valence-electron chi connectivity index (χ0n) is 8.77. The number of hydrogen-bond acceptors (Lipinski definition) is 3. The topological polar surface area (TPSA) is 53.1 Å². The predicted molar refractivity (Wildman–Crippen MR) is 59.6 cm³/mol. The van der Waals surface area contributed by atoms with Gasteiger partial charge in [-0.1, -0.05) is 0 Å². The van der Waals surface area contributed by atoms with Crippen molar-refractivity contribution >= 4 is 5.69 Å². The van der Waals surface area contributed by atoms with Crippen LogP contribution in [0.3, 0.4) is 0 Å². The lowest BCUT2D eigenvalue weighted by atomic mass is 10.1. The summed E-state index contributed by atoms with van der Waals surface area (Å²) in [7, 11) is 3.58. The molecule has 0 unspecified atom stereocenters. The Morgan fingerprint density at radius 2 is 2.20 bits per heavy atom. The van der Waals surface area contributed by atoms with Gasteiger partial charge in [0.15, 0.2) is 0 Å². The van der Waals surface area contributed by atoms with Crippen LogP contribution in [0.1, 0.15) is 0 Å². The van der Waals surface area contributed by atoms with E-state index in [1.165, 1.54) is 0 Å². The third kappa shape index (κ3) is 1.66. The van der Waals surface area contributed by atoms with Crippen LogP contribution < -0.4 is 10.5 Å². The van der Waals surface area contributed by atoms with Crippen molar-refractivity contribution in [3.05, 3.63) is 30.7 Å². The summed E-state index contributed by atoms with van der Waals surface area (Å²) < 4.78 is 7.22. The van der Waals surface area contributed by atoms with Crippen LogP contribution in [0, 0.1) is 0 Å². The van der Waals surface area contributed by atoms with Crippen LogP contribution in [0.2, 0.25) is 0 Å². The van der Waals surface area contributed by atoms with Crippen molar-refractivity contribution < 1.29 is 4.74 Å². The van der Waals surface area contributed by atoms with Gasteiger partial charge in [0.2, 0.25) is 0 Å². The second-order valence-electron chi connectivity index (χ2n) is 3.35. The molecule has 2 rings (SSSR count). The van der Waals surface area contributed by atoms with Gasteiger partial charge in [0.25, 0.3) is 0 Å². The third-order valence-electron chi connectivity index (χ3n) is 2.32. The van der Waals surface area contributed by atoms with E-state index in [1.807, 2.05) is 29.8 Å². The summed E-state index contributed by atoms with van der Waals surface area (Å²) in [6.07, 6.45) is 3.55. The van der Waals surface area contributed by atoms with Crippen LogP contribution in [-0.2, 0) is 7.05 Å². The molecule has 15 heavy (non-hydrogen) atoms. The molecular formula is C11H13N3O. The monoisotopic (exact) mass is 203 g/mol. The van der Waals surface area contributed by atoms with Gasteiger partial charge < -0.3 is 15.0 Å². The largest absolute Gasteiger partial charge is 0.496 e. The summed E-state index contributed by atoms with van der Waals surface area (Å²) >= 11 is 0. The highest BCUT2D eigenvalue weighted by molar-refractivity contribution is 5.70. The van der Waals surface area contributed by atoms with E-state index < -0.39 is 0 Å². The molecule has 1 aromatic heterocycles. The molecule has 1 aromatic carbocycles. The Balaban J connectivity index is 2.58. The molecular weight excluding hydrogens is 190 g/mol. The number of nitrogens with two attached hydrogens (primary N) is 1. The molecule has 4 nitrogen and oxygen atoms in total. The van der Waals surface area contributed by atoms with E-state index in [-0.39, 0.29) is 0 Å². The lowest BCUT2D eigenvalue weighted by molar-refractivity contribution is 0.416. The number of ether oxygens (including phenoxy) is 1. The minimum Gasteiger partial charge on any atom is -0.496 e. The van der Waals surface area contributed by atoms with E-state index >= 15 is 0 Å². The first-order valence-electron chi connectivity index (χ1n) is 4.62. The Kier molecular flexibility index (Phi) is 2.33. The SMILES string of the molecule is COc1cc(N)ccc1-c1cncn1C. The fourth-order valence-electron chi connectivity index (χ4n) is 1.54. The molecule has 0 fully saturated rings. The maximum atomic E-state index is 5.69. The fraction of sp³-hybridized carbons (Fsp3) is 0.182. The van der Waals surface area contributed by atoms with Crippen LogP contribution in [0.15, 0.2) is 30.7 Å². The van der Waals surface area contributed by atoms with E-state index in [1.54, 1.807) is 19.6 Å². The van der Waals surface area contributed by atoms with Crippen LogP contribution >= 0.6 is 0 Å². The average Bonchev–Trinajstić information content (AvgIpc) is 2.64. The lowest BCUT2D eigenvalue weighted by Gasteiger charge is -2.09. The molecule has 0 amide bonds. The number of methoxy groups -OCH3 is 1. The summed E-state index contributed by atoms with van der Waals surface area (Å²) in [6.45, 7) is 0. The molecule has 0 aliphatic carbocycles. The second-order valence-corrected chi connectivity index (χ2v) is 3.35. The van der Waals surface area contributed by atoms with E-state index in [9.17, 15) is 0 Å². The van der Waals surface area contributed by atoms with E-state index in [4.69, 9.17) is 10.5 Å². The molecule has 0 saturated carbocycles. The van der Waals surface area contributed by atoms with E-state index in [0.717, 1.165) is 17.0 Å². The second kappa shape index (κ2) is 3.65. The molecule has 0 bridgehead atoms. The highest BCUT2D eigenvalue weighted by Crippen LogP contribution is 2.30. The van der Waals surface area contributed by atoms with Gasteiger partial charge in [-0.3, -0.25) is 0 Å². The Morgan fingerprint density at radius 3 is 2.80 bits per heavy atom. The molecule has 78 valence electrons. The minimum absolute atomic E-state index is 0.692. The molecule has 0 atom stereocenters. The van der Waals surface area contributed by atoms with Gasteiger partial charge in [-0.15, -0.1) is 0 Å². The smallest absolute Gasteiger partial charge is 0.130 e. The zero-order chi connectivity index (χ0) is 10.8. The first kappa shape index (κ1) is 9.58. The molecule has 0 saturated heterocycles. The van der Waals surface area contributed by atoms with Gasteiger partial charge in [-0.05, 0) is 12.1 Å². The molecule has 0 spiro atoms.